The van der Waals surface area contributed by atoms with Gasteiger partial charge in [-0.25, -0.2) is 9.98 Å². The summed E-state index contributed by atoms with van der Waals surface area (Å²) in [5.41, 5.74) is 10.4. The Morgan fingerprint density at radius 3 is 2.25 bits per heavy atom. The van der Waals surface area contributed by atoms with Crippen LogP contribution in [0.4, 0.5) is 0 Å². The van der Waals surface area contributed by atoms with E-state index in [0.29, 0.717) is 40.9 Å². The van der Waals surface area contributed by atoms with Gasteiger partial charge in [-0.3, -0.25) is 14.4 Å². The number of benzene rings is 4. The third-order valence-electron chi connectivity index (χ3n) is 14.6. The number of pyridine rings is 1. The van der Waals surface area contributed by atoms with Gasteiger partial charge in [0.1, 0.15) is 23.9 Å². The van der Waals surface area contributed by atoms with Gasteiger partial charge in [0.25, 0.3) is 5.91 Å². The molecule has 1 aliphatic heterocycles. The molecule has 384 valence electrons. The maximum absolute atomic E-state index is 14.5. The quantitative estimate of drug-likeness (QED) is 0.0462. The number of ether oxygens (including phenoxy) is 2. The number of amides is 2. The van der Waals surface area contributed by atoms with Gasteiger partial charge in [-0.2, -0.15) is 0 Å². The summed E-state index contributed by atoms with van der Waals surface area (Å²) in [5, 5.41) is 16.6. The summed E-state index contributed by atoms with van der Waals surface area (Å²) in [7, 11) is 1.88. The van der Waals surface area contributed by atoms with Crippen molar-refractivity contribution in [1.29, 1.82) is 0 Å². The normalized spacial score (nSPS) is 19.3. The van der Waals surface area contributed by atoms with E-state index in [1.807, 2.05) is 104 Å². The summed E-state index contributed by atoms with van der Waals surface area (Å²) in [6, 6.07) is 31.8. The summed E-state index contributed by atoms with van der Waals surface area (Å²) in [5.74, 6) is -0.833. The summed E-state index contributed by atoms with van der Waals surface area (Å²) in [6.07, 6.45) is 13.2. The highest BCUT2D eigenvalue weighted by atomic mass is 35.5. The highest BCUT2D eigenvalue weighted by molar-refractivity contribution is 6.31. The van der Waals surface area contributed by atoms with Crippen molar-refractivity contribution in [3.05, 3.63) is 136 Å². The summed E-state index contributed by atoms with van der Waals surface area (Å²) in [6.45, 7) is 5.84. The smallest absolute Gasteiger partial charge is 0.272 e. The largest absolute Gasteiger partial charge is 0.478 e. The molecule has 1 saturated carbocycles. The number of aryl methyl sites for hydroxylation is 1. The molecule has 13 heteroatoms. The standard InChI is InChI=1S/C59H73Cl2N5O6/c1-39(66(4)58(70)52-34-45-24-13-14-28-49(45)54(63-52)46-25-17-27-48(61)33-46)19-11-9-7-5-6-8-10-12-20-42-21-15-23-44(31-42)36-71-41(3)53(64-56(69)40(2)62)55(68)50-29-18-30-51(50)57-65-59(37-67,38-72-57)35-43-22-16-26-47(60)32-43/h13-17,21-28,31-34,39-41,50-51,53,67H,5-12,18-20,29-30,35-38,62H2,1-4H3,(H,64,69). The van der Waals surface area contributed by atoms with Crippen molar-refractivity contribution in [3.8, 4) is 11.3 Å². The van der Waals surface area contributed by atoms with Crippen molar-refractivity contribution < 1.29 is 29.0 Å². The number of ketones is 1. The van der Waals surface area contributed by atoms with Crippen LogP contribution in [0.1, 0.15) is 125 Å². The first-order chi connectivity index (χ1) is 34.7. The number of unbranched alkanes of at least 4 members (excludes halogenated alkanes) is 7. The number of aliphatic hydroxyl groups is 1. The van der Waals surface area contributed by atoms with Crippen LogP contribution in [-0.2, 0) is 38.5 Å². The third kappa shape index (κ3) is 14.5. The summed E-state index contributed by atoms with van der Waals surface area (Å²) < 4.78 is 12.5. The average molecular weight is 1020 g/mol. The second-order valence-corrected chi connectivity index (χ2v) is 21.2. The van der Waals surface area contributed by atoms with Gasteiger partial charge in [0.2, 0.25) is 5.91 Å². The monoisotopic (exact) mass is 1020 g/mol. The Morgan fingerprint density at radius 1 is 0.833 bits per heavy atom. The molecular formula is C59H73Cl2N5O6. The van der Waals surface area contributed by atoms with Crippen LogP contribution in [0.5, 0.6) is 0 Å². The molecule has 2 amide bonds. The molecule has 0 saturated heterocycles. The number of nitrogens with zero attached hydrogens (tertiary/aromatic N) is 3. The van der Waals surface area contributed by atoms with E-state index in [4.69, 9.17) is 48.4 Å². The van der Waals surface area contributed by atoms with Crippen molar-refractivity contribution in [2.24, 2.45) is 22.6 Å². The second kappa shape index (κ2) is 26.2. The number of aliphatic hydroxyl groups excluding tert-OH is 1. The van der Waals surface area contributed by atoms with Gasteiger partial charge in [-0.15, -0.1) is 0 Å². The number of nitrogens with two attached hydrogens (primary N) is 1. The van der Waals surface area contributed by atoms with E-state index >= 15 is 0 Å². The molecule has 0 bridgehead atoms. The lowest BCUT2D eigenvalue weighted by Gasteiger charge is -2.29. The Labute approximate surface area is 436 Å². The van der Waals surface area contributed by atoms with E-state index in [2.05, 4.69) is 30.4 Å². The van der Waals surface area contributed by atoms with Crippen LogP contribution in [0.15, 0.2) is 108 Å². The molecule has 2 aliphatic rings. The Morgan fingerprint density at radius 2 is 1.51 bits per heavy atom. The Kier molecular flexibility index (Phi) is 19.8. The minimum atomic E-state index is -0.912. The Bertz CT molecular complexity index is 2660. The van der Waals surface area contributed by atoms with Crippen LogP contribution in [0, 0.1) is 11.8 Å². The molecule has 4 aromatic carbocycles. The number of nitrogens with one attached hydrogen (secondary N) is 1. The minimum absolute atomic E-state index is 0.0761. The van der Waals surface area contributed by atoms with Gasteiger partial charge in [-0.05, 0) is 105 Å². The van der Waals surface area contributed by atoms with Crippen molar-refractivity contribution in [2.45, 2.75) is 147 Å². The first-order valence-corrected chi connectivity index (χ1v) is 26.8. The highest BCUT2D eigenvalue weighted by Crippen LogP contribution is 2.39. The fraction of sp³-hybridized carbons (Fsp3) is 0.475. The molecule has 11 nitrogen and oxygen atoms in total. The zero-order valence-corrected chi connectivity index (χ0v) is 44.0. The number of fused-ring (bicyclic) bond motifs is 1. The molecule has 2 heterocycles. The molecule has 7 unspecified atom stereocenters. The maximum atomic E-state index is 14.5. The molecule has 0 radical (unpaired) electrons. The Hall–Kier alpha value is -5.17. The van der Waals surface area contributed by atoms with Gasteiger partial charge >= 0.3 is 0 Å². The molecule has 4 N–H and O–H groups in total. The fourth-order valence-electron chi connectivity index (χ4n) is 10.2. The lowest BCUT2D eigenvalue weighted by molar-refractivity contribution is -0.135. The first kappa shape index (κ1) is 54.6. The predicted molar refractivity (Wildman–Crippen MR) is 289 cm³/mol. The van der Waals surface area contributed by atoms with E-state index in [-0.39, 0.29) is 43.5 Å². The van der Waals surface area contributed by atoms with Crippen LogP contribution in [0.25, 0.3) is 22.0 Å². The van der Waals surface area contributed by atoms with E-state index in [0.717, 1.165) is 78.1 Å². The Balaban J connectivity index is 0.819. The fourth-order valence-corrected chi connectivity index (χ4v) is 10.7. The number of hydrogen-bond donors (Lipinski definition) is 3. The first-order valence-electron chi connectivity index (χ1n) is 26.0. The van der Waals surface area contributed by atoms with E-state index in [1.54, 1.807) is 6.92 Å². The van der Waals surface area contributed by atoms with Crippen LogP contribution < -0.4 is 11.1 Å². The molecule has 72 heavy (non-hydrogen) atoms. The van der Waals surface area contributed by atoms with Crippen LogP contribution in [-0.4, -0.2) is 88.5 Å². The molecule has 7 rings (SSSR count). The number of aliphatic imine (C=N–C) groups is 1. The van der Waals surface area contributed by atoms with Gasteiger partial charge < -0.3 is 30.5 Å². The van der Waals surface area contributed by atoms with Crippen molar-refractivity contribution in [2.75, 3.05) is 20.3 Å². The van der Waals surface area contributed by atoms with Gasteiger partial charge in [0, 0.05) is 52.3 Å². The van der Waals surface area contributed by atoms with Gasteiger partial charge in [-0.1, -0.05) is 147 Å². The van der Waals surface area contributed by atoms with E-state index < -0.39 is 35.6 Å². The van der Waals surface area contributed by atoms with Crippen molar-refractivity contribution in [3.63, 3.8) is 0 Å². The molecule has 1 aliphatic carbocycles. The molecule has 7 atom stereocenters. The molecule has 5 aromatic rings. The lowest BCUT2D eigenvalue weighted by Crippen LogP contribution is -2.54. The zero-order chi connectivity index (χ0) is 51.2. The average Bonchev–Trinajstić information content (AvgIpc) is 4.05. The SMILES string of the molecule is CC(N)C(=O)NC(C(=O)C1CCCC1C1=NC(CO)(Cc2cccc(Cl)c2)CO1)C(C)OCc1cccc(CCCCCCCCCCC(C)N(C)C(=O)c2cc3ccccc3c(-c3cccc(Cl)c3)n2)c1. The van der Waals surface area contributed by atoms with Gasteiger partial charge in [0.15, 0.2) is 11.7 Å². The van der Waals surface area contributed by atoms with Crippen molar-refractivity contribution in [1.82, 2.24) is 15.2 Å². The molecule has 1 fully saturated rings. The van der Waals surface area contributed by atoms with E-state index in [9.17, 15) is 19.5 Å². The number of carbonyl (C=O) groups excluding carboxylic acids is 3. The third-order valence-corrected chi connectivity index (χ3v) is 15.1. The predicted octanol–water partition coefficient (Wildman–Crippen LogP) is 11.5. The summed E-state index contributed by atoms with van der Waals surface area (Å²) >= 11 is 12.6. The second-order valence-electron chi connectivity index (χ2n) is 20.3. The van der Waals surface area contributed by atoms with E-state index in [1.165, 1.54) is 31.2 Å². The highest BCUT2D eigenvalue weighted by Gasteiger charge is 2.46. The van der Waals surface area contributed by atoms with Crippen LogP contribution >= 0.6 is 23.2 Å². The number of aromatic nitrogens is 1. The topological polar surface area (TPSA) is 156 Å². The number of rotatable bonds is 26. The number of halogens is 2. The minimum Gasteiger partial charge on any atom is -0.478 e. The van der Waals surface area contributed by atoms with Crippen LogP contribution in [0.2, 0.25) is 10.0 Å². The number of hydrogen-bond acceptors (Lipinski definition) is 9. The maximum Gasteiger partial charge on any atom is 0.272 e. The van der Waals surface area contributed by atoms with Crippen molar-refractivity contribution >= 4 is 57.5 Å². The van der Waals surface area contributed by atoms with Gasteiger partial charge in [0.05, 0.1) is 31.1 Å². The van der Waals surface area contributed by atoms with Crippen LogP contribution in [0.3, 0.4) is 0 Å². The molecule has 0 spiro atoms. The number of Topliss-reactive ketones (excluding diaryl/α,β-unsaturated/α-hetero) is 1. The molecule has 1 aromatic heterocycles. The molecular weight excluding hydrogens is 946 g/mol. The lowest BCUT2D eigenvalue weighted by atomic mass is 9.86. The summed E-state index contributed by atoms with van der Waals surface area (Å²) in [4.78, 5) is 52.8. The number of carbonyl (C=O) groups is 3. The zero-order valence-electron chi connectivity index (χ0n) is 42.5.